The summed E-state index contributed by atoms with van der Waals surface area (Å²) in [5.41, 5.74) is 0. The number of hydrogen-bond acceptors (Lipinski definition) is 5. The summed E-state index contributed by atoms with van der Waals surface area (Å²) in [7, 11) is 0. The van der Waals surface area contributed by atoms with E-state index in [1.807, 2.05) is 0 Å². The third-order valence-electron chi connectivity index (χ3n) is 3.89. The molecule has 1 aliphatic carbocycles. The highest BCUT2D eigenvalue weighted by Gasteiger charge is 2.43. The maximum atomic E-state index is 11.2. The quantitative estimate of drug-likeness (QED) is 0.481. The first-order valence-electron chi connectivity index (χ1n) is 7.33. The summed E-state index contributed by atoms with van der Waals surface area (Å²) >= 11 is 0. The van der Waals surface area contributed by atoms with Crippen molar-refractivity contribution >= 4 is 5.91 Å². The predicted octanol–water partition coefficient (Wildman–Crippen LogP) is -0.342. The third kappa shape index (κ3) is 4.70. The van der Waals surface area contributed by atoms with Gasteiger partial charge in [-0.2, -0.15) is 0 Å². The van der Waals surface area contributed by atoms with Gasteiger partial charge in [0.15, 0.2) is 0 Å². The van der Waals surface area contributed by atoms with Crippen LogP contribution in [0.1, 0.15) is 33.1 Å². The average molecular weight is 289 g/mol. The zero-order valence-corrected chi connectivity index (χ0v) is 12.3. The first-order valence-corrected chi connectivity index (χ1v) is 7.33. The molecular weight excluding hydrogens is 262 g/mol. The molecule has 5 atom stereocenters. The van der Waals surface area contributed by atoms with E-state index in [0.717, 1.165) is 12.8 Å². The monoisotopic (exact) mass is 289 g/mol. The number of rotatable bonds is 7. The van der Waals surface area contributed by atoms with Gasteiger partial charge in [0.25, 0.3) is 0 Å². The molecule has 4 N–H and O–H groups in total. The number of nitrogens with one attached hydrogen (secondary N) is 1. The van der Waals surface area contributed by atoms with Crippen LogP contribution in [-0.4, -0.2) is 59.3 Å². The lowest BCUT2D eigenvalue weighted by atomic mass is 9.75. The molecule has 0 heterocycles. The van der Waals surface area contributed by atoms with Crippen LogP contribution in [0.4, 0.5) is 0 Å². The predicted molar refractivity (Wildman–Crippen MR) is 74.0 cm³/mol. The molecule has 1 rings (SSSR count). The second-order valence-corrected chi connectivity index (χ2v) is 5.57. The van der Waals surface area contributed by atoms with Gasteiger partial charge in [0, 0.05) is 32.0 Å². The fourth-order valence-electron chi connectivity index (χ4n) is 2.72. The van der Waals surface area contributed by atoms with E-state index in [1.165, 1.54) is 6.92 Å². The molecule has 0 unspecified atom stereocenters. The molecule has 6 heteroatoms. The summed E-state index contributed by atoms with van der Waals surface area (Å²) in [6.45, 7) is 4.32. The van der Waals surface area contributed by atoms with Crippen molar-refractivity contribution in [1.29, 1.82) is 0 Å². The van der Waals surface area contributed by atoms with Gasteiger partial charge in [-0.25, -0.2) is 0 Å². The second-order valence-electron chi connectivity index (χ2n) is 5.57. The Hall–Kier alpha value is -0.690. The van der Waals surface area contributed by atoms with Gasteiger partial charge in [-0.1, -0.05) is 13.3 Å². The minimum absolute atomic E-state index is 0.105. The number of aliphatic hydroxyl groups excluding tert-OH is 3. The van der Waals surface area contributed by atoms with Crippen LogP contribution in [0.2, 0.25) is 0 Å². The minimum Gasteiger partial charge on any atom is -0.396 e. The van der Waals surface area contributed by atoms with Gasteiger partial charge >= 0.3 is 0 Å². The van der Waals surface area contributed by atoms with Crippen LogP contribution in [0.3, 0.4) is 0 Å². The lowest BCUT2D eigenvalue weighted by Gasteiger charge is -2.42. The van der Waals surface area contributed by atoms with E-state index >= 15 is 0 Å². The fraction of sp³-hybridized carbons (Fsp3) is 0.929. The molecule has 1 saturated carbocycles. The number of amides is 1. The Morgan fingerprint density at radius 1 is 1.30 bits per heavy atom. The molecule has 118 valence electrons. The number of aliphatic hydroxyl groups is 3. The van der Waals surface area contributed by atoms with Crippen molar-refractivity contribution in [2.24, 2.45) is 11.8 Å². The molecule has 1 fully saturated rings. The summed E-state index contributed by atoms with van der Waals surface area (Å²) in [5.74, 6) is -0.733. The molecule has 0 aliphatic heterocycles. The number of unbranched alkanes of at least 4 members (excludes halogenated alkanes) is 1. The van der Waals surface area contributed by atoms with Gasteiger partial charge in [0.1, 0.15) is 6.10 Å². The lowest BCUT2D eigenvalue weighted by Crippen LogP contribution is -2.59. The standard InChI is InChI=1S/C14H27NO5/c1-3-4-5-20-8-11-6-10(7-16)13(18)14(19)12(11)15-9(2)17/h10-14,16,18-19H,3-8H2,1-2H3,(H,15,17)/t10-,11+,12+,13-,14-/m1/s1. The average Bonchev–Trinajstić information content (AvgIpc) is 2.41. The molecular formula is C14H27NO5. The van der Waals surface area contributed by atoms with Crippen molar-refractivity contribution in [1.82, 2.24) is 5.32 Å². The highest BCUT2D eigenvalue weighted by atomic mass is 16.5. The topological polar surface area (TPSA) is 99.0 Å². The van der Waals surface area contributed by atoms with Crippen molar-refractivity contribution in [2.75, 3.05) is 19.8 Å². The summed E-state index contributed by atoms with van der Waals surface area (Å²) < 4.78 is 5.58. The van der Waals surface area contributed by atoms with Gasteiger partial charge in [0.05, 0.1) is 18.8 Å². The molecule has 6 nitrogen and oxygen atoms in total. The molecule has 0 aromatic heterocycles. The van der Waals surface area contributed by atoms with Gasteiger partial charge in [-0.15, -0.1) is 0 Å². The second kappa shape index (κ2) is 8.56. The Morgan fingerprint density at radius 3 is 2.55 bits per heavy atom. The lowest BCUT2D eigenvalue weighted by molar-refractivity contribution is -0.130. The highest BCUT2D eigenvalue weighted by molar-refractivity contribution is 5.73. The van der Waals surface area contributed by atoms with Crippen LogP contribution in [-0.2, 0) is 9.53 Å². The van der Waals surface area contributed by atoms with Crippen LogP contribution in [0.5, 0.6) is 0 Å². The Bertz CT molecular complexity index is 299. The minimum atomic E-state index is -1.08. The molecule has 0 spiro atoms. The van der Waals surface area contributed by atoms with E-state index in [4.69, 9.17) is 4.74 Å². The fourth-order valence-corrected chi connectivity index (χ4v) is 2.72. The first kappa shape index (κ1) is 17.4. The van der Waals surface area contributed by atoms with Crippen molar-refractivity contribution in [3.63, 3.8) is 0 Å². The highest BCUT2D eigenvalue weighted by Crippen LogP contribution is 2.30. The van der Waals surface area contributed by atoms with Crippen molar-refractivity contribution < 1.29 is 24.9 Å². The SMILES string of the molecule is CCCCOC[C@@H]1C[C@H](CO)[C@@H](O)[C@H](O)[C@H]1NC(C)=O. The van der Waals surface area contributed by atoms with Crippen LogP contribution in [0, 0.1) is 11.8 Å². The van der Waals surface area contributed by atoms with E-state index in [0.29, 0.717) is 19.6 Å². The van der Waals surface area contributed by atoms with Crippen molar-refractivity contribution in [3.8, 4) is 0 Å². The van der Waals surface area contributed by atoms with E-state index in [-0.39, 0.29) is 24.3 Å². The summed E-state index contributed by atoms with van der Waals surface area (Å²) in [4.78, 5) is 11.2. The van der Waals surface area contributed by atoms with E-state index in [1.54, 1.807) is 0 Å². The van der Waals surface area contributed by atoms with Crippen LogP contribution < -0.4 is 5.32 Å². The molecule has 0 aromatic carbocycles. The first-order chi connectivity index (χ1) is 9.51. The van der Waals surface area contributed by atoms with Crippen LogP contribution >= 0.6 is 0 Å². The number of carbonyl (C=O) groups excluding carboxylic acids is 1. The molecule has 1 aliphatic rings. The number of hydrogen-bond donors (Lipinski definition) is 4. The normalized spacial score (nSPS) is 34.0. The summed E-state index contributed by atoms with van der Waals surface area (Å²) in [6.07, 6.45) is 0.423. The Balaban J connectivity index is 2.65. The number of carbonyl (C=O) groups is 1. The Morgan fingerprint density at radius 2 is 2.00 bits per heavy atom. The van der Waals surface area contributed by atoms with Gasteiger partial charge in [0.2, 0.25) is 5.91 Å². The van der Waals surface area contributed by atoms with Gasteiger partial charge < -0.3 is 25.4 Å². The number of ether oxygens (including phenoxy) is 1. The Labute approximate surface area is 120 Å². The largest absolute Gasteiger partial charge is 0.396 e. The third-order valence-corrected chi connectivity index (χ3v) is 3.89. The van der Waals surface area contributed by atoms with Gasteiger partial charge in [-0.3, -0.25) is 4.79 Å². The molecule has 1 amide bonds. The molecule has 0 saturated heterocycles. The van der Waals surface area contributed by atoms with Crippen molar-refractivity contribution in [2.45, 2.75) is 51.4 Å². The molecule has 20 heavy (non-hydrogen) atoms. The van der Waals surface area contributed by atoms with E-state index < -0.39 is 18.2 Å². The Kier molecular flexibility index (Phi) is 7.43. The van der Waals surface area contributed by atoms with E-state index in [2.05, 4.69) is 12.2 Å². The van der Waals surface area contributed by atoms with Crippen molar-refractivity contribution in [3.05, 3.63) is 0 Å². The maximum Gasteiger partial charge on any atom is 0.217 e. The zero-order chi connectivity index (χ0) is 15.1. The van der Waals surface area contributed by atoms with Crippen LogP contribution in [0.25, 0.3) is 0 Å². The molecule has 0 radical (unpaired) electrons. The van der Waals surface area contributed by atoms with Gasteiger partial charge in [-0.05, 0) is 12.8 Å². The van der Waals surface area contributed by atoms with Crippen LogP contribution in [0.15, 0.2) is 0 Å². The van der Waals surface area contributed by atoms with E-state index in [9.17, 15) is 20.1 Å². The molecule has 0 bridgehead atoms. The summed E-state index contributed by atoms with van der Waals surface area (Å²) in [6, 6.07) is -0.535. The smallest absolute Gasteiger partial charge is 0.217 e. The summed E-state index contributed by atoms with van der Waals surface area (Å²) in [5, 5.41) is 32.0. The maximum absolute atomic E-state index is 11.2. The molecule has 0 aromatic rings. The zero-order valence-electron chi connectivity index (χ0n) is 12.3.